The molecule has 1 aromatic carbocycles. The van der Waals surface area contributed by atoms with Crippen molar-refractivity contribution in [2.75, 3.05) is 5.43 Å². The molecule has 6 nitrogen and oxygen atoms in total. The molecule has 4 N–H and O–H groups in total. The number of nitrogens with two attached hydrogens (primary N) is 1. The van der Waals surface area contributed by atoms with Crippen molar-refractivity contribution < 1.29 is 8.42 Å². The minimum Gasteiger partial charge on any atom is -0.307 e. The van der Waals surface area contributed by atoms with E-state index in [4.69, 9.17) is 5.84 Å². The van der Waals surface area contributed by atoms with Crippen LogP contribution in [0.25, 0.3) is 0 Å². The van der Waals surface area contributed by atoms with Crippen molar-refractivity contribution in [3.05, 3.63) is 54.2 Å². The Morgan fingerprint density at radius 2 is 1.90 bits per heavy atom. The molecule has 1 aromatic heterocycles. The number of hydrazine groups is 1. The molecular weight excluding hydrogens is 288 g/mol. The van der Waals surface area contributed by atoms with E-state index in [9.17, 15) is 8.42 Å². The fourth-order valence-corrected chi connectivity index (χ4v) is 3.42. The Balaban J connectivity index is 2.14. The van der Waals surface area contributed by atoms with Crippen molar-refractivity contribution in [2.45, 2.75) is 24.3 Å². The van der Waals surface area contributed by atoms with E-state index in [1.807, 2.05) is 37.3 Å². The van der Waals surface area contributed by atoms with Crippen LogP contribution in [0.5, 0.6) is 0 Å². The first kappa shape index (κ1) is 15.4. The van der Waals surface area contributed by atoms with Crippen LogP contribution in [0.4, 0.5) is 5.82 Å². The van der Waals surface area contributed by atoms with Gasteiger partial charge in [-0.3, -0.25) is 0 Å². The summed E-state index contributed by atoms with van der Waals surface area (Å²) >= 11 is 0. The molecule has 2 rings (SSSR count). The van der Waals surface area contributed by atoms with Gasteiger partial charge in [-0.15, -0.1) is 0 Å². The van der Waals surface area contributed by atoms with Gasteiger partial charge in [0.1, 0.15) is 4.90 Å². The molecule has 0 aliphatic heterocycles. The van der Waals surface area contributed by atoms with Crippen LogP contribution in [0, 0.1) is 0 Å². The molecule has 0 aliphatic carbocycles. The number of nitrogen functional groups attached to an aromatic ring is 1. The molecule has 0 saturated carbocycles. The summed E-state index contributed by atoms with van der Waals surface area (Å²) in [5, 5.41) is 0. The molecule has 1 unspecified atom stereocenters. The molecule has 0 radical (unpaired) electrons. The number of anilines is 1. The first-order valence-electron chi connectivity index (χ1n) is 6.51. The molecule has 2 aromatic rings. The van der Waals surface area contributed by atoms with Crippen LogP contribution in [0.1, 0.15) is 12.5 Å². The second kappa shape index (κ2) is 6.66. The Morgan fingerprint density at radius 3 is 2.57 bits per heavy atom. The summed E-state index contributed by atoms with van der Waals surface area (Å²) in [4.78, 5) is 3.93. The monoisotopic (exact) mass is 306 g/mol. The maximum Gasteiger partial charge on any atom is 0.244 e. The molecule has 0 spiro atoms. The normalized spacial score (nSPS) is 12.9. The fourth-order valence-electron chi connectivity index (χ4n) is 2.05. The van der Waals surface area contributed by atoms with Crippen molar-refractivity contribution in [3.8, 4) is 0 Å². The smallest absolute Gasteiger partial charge is 0.244 e. The topological polar surface area (TPSA) is 97.1 Å². The number of sulfonamides is 1. The van der Waals surface area contributed by atoms with Gasteiger partial charge in [0.05, 0.1) is 0 Å². The van der Waals surface area contributed by atoms with E-state index in [1.165, 1.54) is 12.3 Å². The van der Waals surface area contributed by atoms with Gasteiger partial charge in [-0.2, -0.15) is 0 Å². The van der Waals surface area contributed by atoms with E-state index in [0.717, 1.165) is 5.56 Å². The van der Waals surface area contributed by atoms with Crippen LogP contribution in [-0.4, -0.2) is 19.4 Å². The predicted molar refractivity (Wildman–Crippen MR) is 82.0 cm³/mol. The Morgan fingerprint density at radius 1 is 1.19 bits per heavy atom. The largest absolute Gasteiger partial charge is 0.307 e. The van der Waals surface area contributed by atoms with Gasteiger partial charge in [0.15, 0.2) is 5.82 Å². The van der Waals surface area contributed by atoms with Gasteiger partial charge in [-0.1, -0.05) is 30.3 Å². The van der Waals surface area contributed by atoms with Crippen LogP contribution >= 0.6 is 0 Å². The number of hydrogen-bond donors (Lipinski definition) is 3. The summed E-state index contributed by atoms with van der Waals surface area (Å²) < 4.78 is 27.4. The number of nitrogens with one attached hydrogen (secondary N) is 2. The van der Waals surface area contributed by atoms with Crippen molar-refractivity contribution in [1.82, 2.24) is 9.71 Å². The lowest BCUT2D eigenvalue weighted by Gasteiger charge is -2.15. The van der Waals surface area contributed by atoms with E-state index in [2.05, 4.69) is 15.1 Å². The third-order valence-corrected chi connectivity index (χ3v) is 4.56. The summed E-state index contributed by atoms with van der Waals surface area (Å²) in [7, 11) is -3.68. The SMILES string of the molecule is CC(Cc1ccccc1)NS(=O)(=O)c1cccnc1NN. The molecule has 112 valence electrons. The maximum absolute atomic E-state index is 12.4. The van der Waals surface area contributed by atoms with Crippen molar-refractivity contribution in [2.24, 2.45) is 5.84 Å². The third kappa shape index (κ3) is 4.01. The molecule has 0 fully saturated rings. The fraction of sp³-hybridized carbons (Fsp3) is 0.214. The highest BCUT2D eigenvalue weighted by molar-refractivity contribution is 7.89. The van der Waals surface area contributed by atoms with Crippen molar-refractivity contribution in [3.63, 3.8) is 0 Å². The van der Waals surface area contributed by atoms with E-state index in [0.29, 0.717) is 6.42 Å². The molecule has 1 atom stereocenters. The van der Waals surface area contributed by atoms with Gasteiger partial charge in [0, 0.05) is 12.2 Å². The number of pyridine rings is 1. The second-order valence-corrected chi connectivity index (χ2v) is 6.39. The summed E-state index contributed by atoms with van der Waals surface area (Å²) in [6.07, 6.45) is 2.08. The van der Waals surface area contributed by atoms with Crippen LogP contribution in [-0.2, 0) is 16.4 Å². The first-order valence-corrected chi connectivity index (χ1v) is 7.99. The highest BCUT2D eigenvalue weighted by atomic mass is 32.2. The number of nitrogens with zero attached hydrogens (tertiary/aromatic N) is 1. The molecule has 1 heterocycles. The molecule has 0 aliphatic rings. The number of rotatable bonds is 6. The molecular formula is C14H18N4O2S. The minimum absolute atomic E-state index is 0.0346. The van der Waals surface area contributed by atoms with Crippen LogP contribution in [0.3, 0.4) is 0 Å². The lowest BCUT2D eigenvalue weighted by Crippen LogP contribution is -2.34. The standard InChI is InChI=1S/C14H18N4O2S/c1-11(10-12-6-3-2-4-7-12)18-21(19,20)13-8-5-9-16-14(13)17-15/h2-9,11,18H,10,15H2,1H3,(H,16,17). The maximum atomic E-state index is 12.4. The third-order valence-electron chi connectivity index (χ3n) is 2.94. The van der Waals surface area contributed by atoms with Crippen molar-refractivity contribution >= 4 is 15.8 Å². The summed E-state index contributed by atoms with van der Waals surface area (Å²) in [6.45, 7) is 1.82. The average molecular weight is 306 g/mol. The lowest BCUT2D eigenvalue weighted by molar-refractivity contribution is 0.559. The van der Waals surface area contributed by atoms with E-state index >= 15 is 0 Å². The second-order valence-electron chi connectivity index (χ2n) is 4.71. The number of aromatic nitrogens is 1. The minimum atomic E-state index is -3.68. The molecule has 0 amide bonds. The first-order chi connectivity index (χ1) is 10.0. The highest BCUT2D eigenvalue weighted by Crippen LogP contribution is 2.17. The van der Waals surface area contributed by atoms with E-state index < -0.39 is 10.0 Å². The summed E-state index contributed by atoms with van der Waals surface area (Å²) in [5.74, 6) is 5.42. The summed E-state index contributed by atoms with van der Waals surface area (Å²) in [5.41, 5.74) is 3.36. The summed E-state index contributed by atoms with van der Waals surface area (Å²) in [6, 6.07) is 12.5. The van der Waals surface area contributed by atoms with Gasteiger partial charge >= 0.3 is 0 Å². The van der Waals surface area contributed by atoms with Gasteiger partial charge in [-0.25, -0.2) is 24.0 Å². The zero-order valence-electron chi connectivity index (χ0n) is 11.7. The van der Waals surface area contributed by atoms with Gasteiger partial charge in [0.2, 0.25) is 10.0 Å². The van der Waals surface area contributed by atoms with Gasteiger partial charge in [-0.05, 0) is 31.0 Å². The van der Waals surface area contributed by atoms with Crippen LogP contribution < -0.4 is 16.0 Å². The number of benzene rings is 1. The molecule has 0 saturated heterocycles. The highest BCUT2D eigenvalue weighted by Gasteiger charge is 2.21. The lowest BCUT2D eigenvalue weighted by atomic mass is 10.1. The zero-order valence-corrected chi connectivity index (χ0v) is 12.5. The number of hydrogen-bond acceptors (Lipinski definition) is 5. The molecule has 0 bridgehead atoms. The molecule has 21 heavy (non-hydrogen) atoms. The van der Waals surface area contributed by atoms with Crippen LogP contribution in [0.2, 0.25) is 0 Å². The Labute approximate surface area is 124 Å². The van der Waals surface area contributed by atoms with Gasteiger partial charge in [0.25, 0.3) is 0 Å². The van der Waals surface area contributed by atoms with Crippen molar-refractivity contribution in [1.29, 1.82) is 0 Å². The van der Waals surface area contributed by atoms with Crippen LogP contribution in [0.15, 0.2) is 53.6 Å². The van der Waals surface area contributed by atoms with E-state index in [-0.39, 0.29) is 16.8 Å². The van der Waals surface area contributed by atoms with Gasteiger partial charge < -0.3 is 5.43 Å². The quantitative estimate of drug-likeness (QED) is 0.552. The Kier molecular flexibility index (Phi) is 4.89. The Hall–Kier alpha value is -1.96. The molecule has 7 heteroatoms. The predicted octanol–water partition coefficient (Wildman–Crippen LogP) is 1.28. The van der Waals surface area contributed by atoms with E-state index in [1.54, 1.807) is 6.07 Å². The average Bonchev–Trinajstić information content (AvgIpc) is 2.47. The Bertz CT molecular complexity index is 689. The zero-order chi connectivity index (χ0) is 15.3.